The van der Waals surface area contributed by atoms with Crippen molar-refractivity contribution < 1.29 is 4.79 Å². The van der Waals surface area contributed by atoms with Crippen LogP contribution in [-0.2, 0) is 0 Å². The van der Waals surface area contributed by atoms with Crippen molar-refractivity contribution in [1.82, 2.24) is 5.32 Å². The zero-order chi connectivity index (χ0) is 15.0. The van der Waals surface area contributed by atoms with Gasteiger partial charge in [0.2, 0.25) is 0 Å². The van der Waals surface area contributed by atoms with Crippen LogP contribution in [0.5, 0.6) is 0 Å². The van der Waals surface area contributed by atoms with Crippen LogP contribution >= 0.6 is 22.6 Å². The lowest BCUT2D eigenvalue weighted by atomic mass is 9.87. The van der Waals surface area contributed by atoms with Crippen LogP contribution in [0.25, 0.3) is 0 Å². The summed E-state index contributed by atoms with van der Waals surface area (Å²) in [6.07, 6.45) is 2.03. The molecule has 0 atom stereocenters. The van der Waals surface area contributed by atoms with Gasteiger partial charge in [0.1, 0.15) is 0 Å². The van der Waals surface area contributed by atoms with Gasteiger partial charge in [-0.1, -0.05) is 0 Å². The van der Waals surface area contributed by atoms with Crippen LogP contribution in [0.1, 0.15) is 29.6 Å². The van der Waals surface area contributed by atoms with Gasteiger partial charge in [-0.25, -0.2) is 0 Å². The molecule has 1 aromatic rings. The van der Waals surface area contributed by atoms with Crippen LogP contribution in [0.4, 0.5) is 0 Å². The maximum atomic E-state index is 12.4. The normalized spacial score (nSPS) is 11.4. The van der Waals surface area contributed by atoms with Gasteiger partial charge in [0, 0.05) is 14.7 Å². The fourth-order valence-electron chi connectivity index (χ4n) is 2.31. The minimum Gasteiger partial charge on any atom is -0.346 e. The second-order valence-electron chi connectivity index (χ2n) is 4.86. The first-order chi connectivity index (χ1) is 9.56. The maximum absolute atomic E-state index is 12.4. The Morgan fingerprint density at radius 1 is 1.00 bits per heavy atom. The molecule has 6 heteroatoms. The lowest BCUT2D eigenvalue weighted by Crippen LogP contribution is -2.52. The summed E-state index contributed by atoms with van der Waals surface area (Å²) in [4.78, 5) is 12.4. The molecular weight excluding hydrogens is 367 g/mol. The van der Waals surface area contributed by atoms with E-state index in [-0.39, 0.29) is 5.91 Å². The molecule has 0 aliphatic heterocycles. The van der Waals surface area contributed by atoms with E-state index < -0.39 is 5.54 Å². The van der Waals surface area contributed by atoms with E-state index in [1.807, 2.05) is 24.3 Å². The predicted molar refractivity (Wildman–Crippen MR) is 90.4 cm³/mol. The van der Waals surface area contributed by atoms with Crippen molar-refractivity contribution in [2.45, 2.75) is 24.8 Å². The number of halogens is 1. The van der Waals surface area contributed by atoms with Gasteiger partial charge < -0.3 is 22.5 Å². The average Bonchev–Trinajstić information content (AvgIpc) is 2.40. The van der Waals surface area contributed by atoms with Crippen LogP contribution in [0.15, 0.2) is 24.3 Å². The Hall–Kier alpha value is -0.700. The van der Waals surface area contributed by atoms with E-state index in [2.05, 4.69) is 27.9 Å². The van der Waals surface area contributed by atoms with Gasteiger partial charge in [-0.15, -0.1) is 0 Å². The molecule has 1 rings (SSSR count). The smallest absolute Gasteiger partial charge is 0.251 e. The van der Waals surface area contributed by atoms with Gasteiger partial charge in [-0.2, -0.15) is 0 Å². The average molecular weight is 390 g/mol. The Bertz CT molecular complexity index is 405. The van der Waals surface area contributed by atoms with Gasteiger partial charge in [0.25, 0.3) is 5.91 Å². The standard InChI is InChI=1S/C14H23IN4O/c15-12-3-1-11(2-4-12)13(20)19-14(5-8-16,6-9-17)7-10-18/h1-4H,5-10,16-18H2,(H,19,20). The highest BCUT2D eigenvalue weighted by molar-refractivity contribution is 14.1. The van der Waals surface area contributed by atoms with E-state index in [9.17, 15) is 4.79 Å². The minimum absolute atomic E-state index is 0.100. The molecule has 112 valence electrons. The van der Waals surface area contributed by atoms with Crippen LogP contribution in [0.3, 0.4) is 0 Å². The third-order valence-corrected chi connectivity index (χ3v) is 4.07. The van der Waals surface area contributed by atoms with Crippen molar-refractivity contribution in [1.29, 1.82) is 0 Å². The summed E-state index contributed by atoms with van der Waals surface area (Å²) >= 11 is 2.21. The number of hydrogen-bond acceptors (Lipinski definition) is 4. The van der Waals surface area contributed by atoms with Gasteiger partial charge in [0.05, 0.1) is 0 Å². The van der Waals surface area contributed by atoms with E-state index in [1.54, 1.807) is 0 Å². The quantitative estimate of drug-likeness (QED) is 0.493. The number of rotatable bonds is 8. The highest BCUT2D eigenvalue weighted by atomic mass is 127. The summed E-state index contributed by atoms with van der Waals surface area (Å²) in [7, 11) is 0. The molecule has 5 nitrogen and oxygen atoms in total. The van der Waals surface area contributed by atoms with E-state index in [0.717, 1.165) is 3.57 Å². The Labute approximate surface area is 133 Å². The molecule has 1 amide bonds. The zero-order valence-corrected chi connectivity index (χ0v) is 13.7. The number of benzene rings is 1. The van der Waals surface area contributed by atoms with Gasteiger partial charge in [-0.05, 0) is 85.8 Å². The number of carbonyl (C=O) groups is 1. The first-order valence-corrected chi connectivity index (χ1v) is 7.83. The molecule has 0 bridgehead atoms. The molecule has 7 N–H and O–H groups in total. The molecule has 0 saturated carbocycles. The predicted octanol–water partition coefficient (Wildman–Crippen LogP) is 0.806. The third kappa shape index (κ3) is 5.01. The van der Waals surface area contributed by atoms with Gasteiger partial charge >= 0.3 is 0 Å². The second-order valence-corrected chi connectivity index (χ2v) is 6.10. The van der Waals surface area contributed by atoms with Crippen molar-refractivity contribution in [2.75, 3.05) is 19.6 Å². The van der Waals surface area contributed by atoms with Gasteiger partial charge in [0.15, 0.2) is 0 Å². The number of nitrogens with two attached hydrogens (primary N) is 3. The van der Waals surface area contributed by atoms with Crippen LogP contribution in [0.2, 0.25) is 0 Å². The molecule has 0 aliphatic rings. The van der Waals surface area contributed by atoms with Crippen molar-refractivity contribution in [2.24, 2.45) is 17.2 Å². The number of amides is 1. The molecule has 0 fully saturated rings. The highest BCUT2D eigenvalue weighted by Crippen LogP contribution is 2.20. The van der Waals surface area contributed by atoms with Crippen molar-refractivity contribution in [3.05, 3.63) is 33.4 Å². The van der Waals surface area contributed by atoms with Crippen molar-refractivity contribution in [3.8, 4) is 0 Å². The molecule has 0 unspecified atom stereocenters. The van der Waals surface area contributed by atoms with Crippen molar-refractivity contribution in [3.63, 3.8) is 0 Å². The summed E-state index contributed by atoms with van der Waals surface area (Å²) in [5, 5.41) is 3.09. The van der Waals surface area contributed by atoms with E-state index in [0.29, 0.717) is 44.5 Å². The number of carbonyl (C=O) groups excluding carboxylic acids is 1. The maximum Gasteiger partial charge on any atom is 0.251 e. The third-order valence-electron chi connectivity index (χ3n) is 3.35. The van der Waals surface area contributed by atoms with Gasteiger partial charge in [-0.3, -0.25) is 4.79 Å². The fraction of sp³-hybridized carbons (Fsp3) is 0.500. The first kappa shape index (κ1) is 17.4. The lowest BCUT2D eigenvalue weighted by molar-refractivity contribution is 0.0883. The minimum atomic E-state index is -0.404. The van der Waals surface area contributed by atoms with Crippen LogP contribution in [0, 0.1) is 3.57 Å². The topological polar surface area (TPSA) is 107 Å². The Balaban J connectivity index is 2.86. The van der Waals surface area contributed by atoms with Crippen LogP contribution < -0.4 is 22.5 Å². The molecule has 20 heavy (non-hydrogen) atoms. The van der Waals surface area contributed by atoms with E-state index in [4.69, 9.17) is 17.2 Å². The monoisotopic (exact) mass is 390 g/mol. The Kier molecular flexibility index (Phi) is 7.42. The fourth-order valence-corrected chi connectivity index (χ4v) is 2.67. The summed E-state index contributed by atoms with van der Waals surface area (Å²) in [6.45, 7) is 1.48. The molecule has 0 radical (unpaired) electrons. The zero-order valence-electron chi connectivity index (χ0n) is 11.6. The summed E-state index contributed by atoms with van der Waals surface area (Å²) in [6, 6.07) is 7.45. The summed E-state index contributed by atoms with van der Waals surface area (Å²) < 4.78 is 1.09. The Morgan fingerprint density at radius 3 is 1.85 bits per heavy atom. The van der Waals surface area contributed by atoms with Crippen molar-refractivity contribution >= 4 is 28.5 Å². The number of nitrogens with one attached hydrogen (secondary N) is 1. The highest BCUT2D eigenvalue weighted by Gasteiger charge is 2.29. The summed E-state index contributed by atoms with van der Waals surface area (Å²) in [5.41, 5.74) is 17.3. The van der Waals surface area contributed by atoms with Crippen LogP contribution in [-0.4, -0.2) is 31.1 Å². The first-order valence-electron chi connectivity index (χ1n) is 6.75. The Morgan fingerprint density at radius 2 is 1.45 bits per heavy atom. The molecule has 0 aliphatic carbocycles. The molecule has 1 aromatic carbocycles. The SMILES string of the molecule is NCCC(CCN)(CCN)NC(=O)c1ccc(I)cc1. The lowest BCUT2D eigenvalue weighted by Gasteiger charge is -2.34. The van der Waals surface area contributed by atoms with E-state index in [1.165, 1.54) is 0 Å². The molecule has 0 spiro atoms. The molecule has 0 saturated heterocycles. The second kappa shape index (κ2) is 8.56. The molecular formula is C14H23IN4O. The van der Waals surface area contributed by atoms with E-state index >= 15 is 0 Å². The largest absolute Gasteiger partial charge is 0.346 e. The number of hydrogen-bond donors (Lipinski definition) is 4. The molecule has 0 heterocycles. The molecule has 0 aromatic heterocycles. The summed E-state index contributed by atoms with van der Waals surface area (Å²) in [5.74, 6) is -0.100.